The van der Waals surface area contributed by atoms with Gasteiger partial charge < -0.3 is 54.9 Å². The zero-order chi connectivity index (χ0) is 38.2. The smallest absolute Gasteiger partial charge is 0.657 e. The van der Waals surface area contributed by atoms with Crippen molar-refractivity contribution < 1.29 is 68.3 Å². The number of aromatic nitrogens is 4. The molecule has 8 bridgehead atoms. The summed E-state index contributed by atoms with van der Waals surface area (Å²) in [6, 6.07) is 3.25. The molecule has 2 aliphatic heterocycles. The number of nitrogens with one attached hydrogen (secondary N) is 1. The summed E-state index contributed by atoms with van der Waals surface area (Å²) in [5, 5.41) is 49.6. The summed E-state index contributed by atoms with van der Waals surface area (Å²) in [7, 11) is 0. The van der Waals surface area contributed by atoms with Crippen molar-refractivity contribution in [1.82, 2.24) is 25.3 Å². The molecule has 3 aromatic heterocycles. The van der Waals surface area contributed by atoms with Crippen LogP contribution >= 0.6 is 0 Å². The molecule has 0 saturated carbocycles. The molecule has 3 aromatic rings. The van der Waals surface area contributed by atoms with E-state index >= 15 is 0 Å². The topological polar surface area (TPSA) is 244 Å². The molecule has 15 heteroatoms. The van der Waals surface area contributed by atoms with Crippen LogP contribution in [0.3, 0.4) is 0 Å². The average molecular weight is 903 g/mol. The molecule has 0 saturated heterocycles. The number of carboxylic acid groups (broad SMARTS) is 4. The SMILES string of the molecule is C=Cc1c(C)c2cc3nc(c(CC(=O)N[C@@H](CC(=O)[O-])C(=O)[O-])c4[n-]c(cc5nc(cc1[n-]2)C(C)=C5CC)c(C)c4C(=O)[O-])[C@@H](CCC(=O)[O-])[C@@H]3C.[H+].[H+].[Pt]. The van der Waals surface area contributed by atoms with Crippen molar-refractivity contribution in [2.45, 2.75) is 84.6 Å². The van der Waals surface area contributed by atoms with Gasteiger partial charge in [0.25, 0.3) is 0 Å². The van der Waals surface area contributed by atoms with Gasteiger partial charge in [-0.1, -0.05) is 55.8 Å². The molecule has 0 aromatic carbocycles. The van der Waals surface area contributed by atoms with Crippen LogP contribution in [0.4, 0.5) is 0 Å². The van der Waals surface area contributed by atoms with E-state index < -0.39 is 66.9 Å². The summed E-state index contributed by atoms with van der Waals surface area (Å²) in [6.45, 7) is 13.0. The number of hydrogen-bond donors (Lipinski definition) is 1. The Morgan fingerprint density at radius 3 is 2.19 bits per heavy atom. The third-order valence-corrected chi connectivity index (χ3v) is 9.77. The number of aliphatic carboxylic acids is 3. The first-order valence-corrected chi connectivity index (χ1v) is 16.7. The van der Waals surface area contributed by atoms with Crippen LogP contribution < -0.4 is 35.7 Å². The molecular weight excluding hydrogens is 866 g/mol. The number of aryl methyl sites for hydroxylation is 2. The first-order chi connectivity index (χ1) is 24.6. The second-order valence-electron chi connectivity index (χ2n) is 12.9. The van der Waals surface area contributed by atoms with Gasteiger partial charge in [0, 0.05) is 62.6 Å². The Bertz CT molecular complexity index is 2260. The van der Waals surface area contributed by atoms with Gasteiger partial charge in [0.2, 0.25) is 5.91 Å². The molecule has 1 amide bonds. The molecule has 53 heavy (non-hydrogen) atoms. The van der Waals surface area contributed by atoms with Crippen LogP contribution in [0.25, 0.3) is 39.3 Å². The maximum atomic E-state index is 13.5. The minimum Gasteiger partial charge on any atom is -0.657 e. The van der Waals surface area contributed by atoms with E-state index in [1.165, 1.54) is 6.92 Å². The number of nitrogens with zero attached hydrogens (tertiary/aromatic N) is 4. The largest absolute Gasteiger partial charge is 1.00 e. The Balaban J connectivity index is 0.00000348. The molecule has 14 nitrogen and oxygen atoms in total. The molecule has 0 fully saturated rings. The number of allylic oxidation sites excluding steroid dienone is 2. The van der Waals surface area contributed by atoms with Gasteiger partial charge in [-0.25, -0.2) is 4.98 Å². The minimum atomic E-state index is -1.97. The number of aromatic carboxylic acids is 1. The fraction of sp³-hybridized carbons (Fsp3) is 0.342. The summed E-state index contributed by atoms with van der Waals surface area (Å²) in [5.41, 5.74) is 5.99. The second-order valence-corrected chi connectivity index (χ2v) is 12.9. The molecule has 0 radical (unpaired) electrons. The van der Waals surface area contributed by atoms with Gasteiger partial charge in [-0.05, 0) is 67.9 Å². The van der Waals surface area contributed by atoms with Gasteiger partial charge >= 0.3 is 2.85 Å². The molecular formula is C38H37N5O9Pt-4. The molecule has 0 aliphatic carbocycles. The third-order valence-electron chi connectivity index (χ3n) is 9.77. The normalized spacial score (nSPS) is 15.7. The molecule has 282 valence electrons. The van der Waals surface area contributed by atoms with Crippen LogP contribution in [-0.4, -0.2) is 45.8 Å². The van der Waals surface area contributed by atoms with Crippen molar-refractivity contribution in [3.05, 3.63) is 75.4 Å². The van der Waals surface area contributed by atoms with Crippen molar-refractivity contribution >= 4 is 69.1 Å². The van der Waals surface area contributed by atoms with Crippen LogP contribution in [0.15, 0.2) is 24.8 Å². The van der Waals surface area contributed by atoms with E-state index in [4.69, 9.17) is 19.9 Å². The van der Waals surface area contributed by atoms with E-state index in [2.05, 4.69) is 11.9 Å². The Kier molecular flexibility index (Phi) is 12.3. The van der Waals surface area contributed by atoms with Gasteiger partial charge in [-0.15, -0.1) is 22.1 Å². The number of amides is 1. The van der Waals surface area contributed by atoms with Gasteiger partial charge in [-0.2, -0.15) is 0 Å². The zero-order valence-electron chi connectivity index (χ0n) is 31.6. The van der Waals surface area contributed by atoms with Crippen molar-refractivity contribution in [1.29, 1.82) is 0 Å². The quantitative estimate of drug-likeness (QED) is 0.254. The summed E-state index contributed by atoms with van der Waals surface area (Å²) in [5.74, 6) is -8.82. The average Bonchev–Trinajstić information content (AvgIpc) is 3.74. The first kappa shape index (κ1) is 40.4. The number of rotatable bonds is 12. The standard InChI is InChI=1S/C38H41N5O9.Pt/c1-7-20-16(3)24-12-26-18(5)22(9-10-32(45)46)35(42-26)23(11-31(44)41-30(37(49)50)15-33(47)48)36-34(38(51)52)19(6)27(43-36)14-29-21(8-2)17(4)25(40-29)13-28(20)39-24;/h7,12-14,18,22,30H,1,8-11,15H2,2-6H3,(H7,39,40,41,42,43,44,45,46,47,48,49,50,51,52);/p-4/t18-,22-,30-;/m0./s1. The Hall–Kier alpha value is -5.36. The van der Waals surface area contributed by atoms with Crippen molar-refractivity contribution in [2.24, 2.45) is 0 Å². The van der Waals surface area contributed by atoms with Crippen molar-refractivity contribution in [3.63, 3.8) is 0 Å². The minimum absolute atomic E-state index is 0. The fourth-order valence-electron chi connectivity index (χ4n) is 6.96. The third kappa shape index (κ3) is 8.02. The summed E-state index contributed by atoms with van der Waals surface area (Å²) in [4.78, 5) is 80.3. The van der Waals surface area contributed by atoms with Gasteiger partial charge in [0.1, 0.15) is 0 Å². The molecule has 0 unspecified atom stereocenters. The van der Waals surface area contributed by atoms with E-state index in [9.17, 15) is 44.4 Å². The number of carbonyl (C=O) groups excluding carboxylic acids is 5. The number of carboxylic acids is 4. The predicted molar refractivity (Wildman–Crippen MR) is 184 cm³/mol. The van der Waals surface area contributed by atoms with Crippen molar-refractivity contribution in [2.75, 3.05) is 0 Å². The second kappa shape index (κ2) is 16.1. The summed E-state index contributed by atoms with van der Waals surface area (Å²) >= 11 is 0. The summed E-state index contributed by atoms with van der Waals surface area (Å²) < 4.78 is 0. The van der Waals surface area contributed by atoms with Crippen LogP contribution in [0.5, 0.6) is 0 Å². The maximum absolute atomic E-state index is 13.5. The van der Waals surface area contributed by atoms with Gasteiger partial charge in [0.15, 0.2) is 0 Å². The fourth-order valence-corrected chi connectivity index (χ4v) is 6.96. The van der Waals surface area contributed by atoms with Crippen LogP contribution in [0.2, 0.25) is 0 Å². The molecule has 3 atom stereocenters. The van der Waals surface area contributed by atoms with Gasteiger partial charge in [0.05, 0.1) is 35.8 Å². The maximum Gasteiger partial charge on any atom is 1.00 e. The van der Waals surface area contributed by atoms with E-state index in [-0.39, 0.29) is 63.8 Å². The molecule has 1 N–H and O–H groups in total. The molecule has 0 spiro atoms. The van der Waals surface area contributed by atoms with Crippen LogP contribution in [0.1, 0.15) is 117 Å². The van der Waals surface area contributed by atoms with Crippen LogP contribution in [0, 0.1) is 13.8 Å². The molecule has 2 aliphatic rings. The molecule has 5 heterocycles. The number of hydrogen-bond acceptors (Lipinski definition) is 11. The predicted octanol–water partition coefficient (Wildman–Crippen LogP) is 0.0941. The van der Waals surface area contributed by atoms with Gasteiger partial charge in [-0.3, -0.25) is 9.78 Å². The Morgan fingerprint density at radius 1 is 0.943 bits per heavy atom. The molecule has 5 rings (SSSR count). The first-order valence-electron chi connectivity index (χ1n) is 16.7. The van der Waals surface area contributed by atoms with E-state index in [1.807, 2.05) is 26.8 Å². The number of carbonyl (C=O) groups is 5. The Morgan fingerprint density at radius 2 is 1.60 bits per heavy atom. The summed E-state index contributed by atoms with van der Waals surface area (Å²) in [6.07, 6.45) is 0.0207. The zero-order valence-corrected chi connectivity index (χ0v) is 31.8. The van der Waals surface area contributed by atoms with E-state index in [0.29, 0.717) is 34.5 Å². The van der Waals surface area contributed by atoms with Crippen LogP contribution in [-0.2, 0) is 46.7 Å². The van der Waals surface area contributed by atoms with Crippen molar-refractivity contribution in [3.8, 4) is 0 Å². The Labute approximate surface area is 321 Å². The monoisotopic (exact) mass is 902 g/mol. The number of fused-ring (bicyclic) bond motifs is 8. The van der Waals surface area contributed by atoms with E-state index in [1.54, 1.807) is 25.1 Å². The van der Waals surface area contributed by atoms with E-state index in [0.717, 1.165) is 22.3 Å².